The average Bonchev–Trinajstić information content (AvgIpc) is 2.33. The first kappa shape index (κ1) is 4.49. The van der Waals surface area contributed by atoms with Gasteiger partial charge in [-0.2, -0.15) is 0 Å². The zero-order valence-electron chi connectivity index (χ0n) is 4.61. The molecule has 3 nitrogen and oxygen atoms in total. The van der Waals surface area contributed by atoms with E-state index < -0.39 is 0 Å². The van der Waals surface area contributed by atoms with Gasteiger partial charge in [-0.05, 0) is 12.1 Å². The van der Waals surface area contributed by atoms with Gasteiger partial charge in [-0.25, -0.2) is 9.97 Å². The zero-order chi connectivity index (χ0) is 6.10. The maximum absolute atomic E-state index is 4.90. The highest BCUT2D eigenvalue weighted by Crippen LogP contribution is 2.05. The van der Waals surface area contributed by atoms with Crippen LogP contribution in [0.4, 0.5) is 0 Å². The van der Waals surface area contributed by atoms with Gasteiger partial charge in [0.05, 0.1) is 0 Å². The van der Waals surface area contributed by atoms with Crippen LogP contribution >= 0.6 is 0 Å². The Morgan fingerprint density at radius 2 is 2.33 bits per heavy atom. The molecule has 44 valence electrons. The molecular formula is C6H4N2O. The van der Waals surface area contributed by atoms with Crippen LogP contribution in [0.5, 0.6) is 0 Å². The highest BCUT2D eigenvalue weighted by Gasteiger charge is 1.93. The molecule has 0 radical (unpaired) electrons. The molecule has 0 unspecified atom stereocenters. The van der Waals surface area contributed by atoms with Gasteiger partial charge in [0.1, 0.15) is 5.52 Å². The van der Waals surface area contributed by atoms with Crippen molar-refractivity contribution >= 4 is 11.2 Å². The first-order valence-electron chi connectivity index (χ1n) is 2.61. The van der Waals surface area contributed by atoms with Crippen LogP contribution in [-0.2, 0) is 0 Å². The van der Waals surface area contributed by atoms with E-state index in [4.69, 9.17) is 4.42 Å². The Bertz CT molecular complexity index is 285. The van der Waals surface area contributed by atoms with E-state index in [9.17, 15) is 0 Å². The van der Waals surface area contributed by atoms with Gasteiger partial charge in [0.15, 0.2) is 6.39 Å². The Labute approximate surface area is 51.3 Å². The first-order valence-corrected chi connectivity index (χ1v) is 2.61. The third kappa shape index (κ3) is 0.579. The summed E-state index contributed by atoms with van der Waals surface area (Å²) in [4.78, 5) is 7.80. The molecule has 2 aromatic heterocycles. The van der Waals surface area contributed by atoms with Crippen molar-refractivity contribution in [3.8, 4) is 0 Å². The number of rotatable bonds is 0. The monoisotopic (exact) mass is 120 g/mol. The molecule has 0 aliphatic rings. The zero-order valence-corrected chi connectivity index (χ0v) is 4.61. The fraction of sp³-hybridized carbons (Fsp3) is 0. The summed E-state index contributed by atoms with van der Waals surface area (Å²) in [5, 5.41) is 0. The van der Waals surface area contributed by atoms with E-state index in [0.717, 1.165) is 5.52 Å². The predicted molar refractivity (Wildman–Crippen MR) is 31.8 cm³/mol. The van der Waals surface area contributed by atoms with Crippen molar-refractivity contribution in [2.75, 3.05) is 0 Å². The van der Waals surface area contributed by atoms with Crippen molar-refractivity contribution in [2.24, 2.45) is 0 Å². The van der Waals surface area contributed by atoms with E-state index in [1.54, 1.807) is 6.20 Å². The van der Waals surface area contributed by atoms with Crippen LogP contribution in [-0.4, -0.2) is 9.97 Å². The van der Waals surface area contributed by atoms with Gasteiger partial charge >= 0.3 is 0 Å². The molecule has 2 heterocycles. The SMILES string of the molecule is c1cnc2ocnc2c1. The number of aromatic nitrogens is 2. The van der Waals surface area contributed by atoms with Crippen molar-refractivity contribution in [1.29, 1.82) is 0 Å². The Morgan fingerprint density at radius 1 is 1.33 bits per heavy atom. The fourth-order valence-corrected chi connectivity index (χ4v) is 0.704. The molecule has 0 aromatic carbocycles. The van der Waals surface area contributed by atoms with Crippen LogP contribution in [0.3, 0.4) is 0 Å². The van der Waals surface area contributed by atoms with E-state index >= 15 is 0 Å². The summed E-state index contributed by atoms with van der Waals surface area (Å²) in [6, 6.07) is 3.68. The lowest BCUT2D eigenvalue weighted by Crippen LogP contribution is -1.69. The second-order valence-corrected chi connectivity index (χ2v) is 1.68. The van der Waals surface area contributed by atoms with Crippen LogP contribution in [0.1, 0.15) is 0 Å². The van der Waals surface area contributed by atoms with Gasteiger partial charge < -0.3 is 4.42 Å². The Morgan fingerprint density at radius 3 is 3.22 bits per heavy atom. The molecule has 0 saturated carbocycles. The highest BCUT2D eigenvalue weighted by molar-refractivity contribution is 5.66. The lowest BCUT2D eigenvalue weighted by atomic mass is 10.5. The third-order valence-corrected chi connectivity index (χ3v) is 1.11. The number of hydrogen-bond acceptors (Lipinski definition) is 3. The van der Waals surface area contributed by atoms with Crippen LogP contribution in [0.25, 0.3) is 11.2 Å². The molecular weight excluding hydrogens is 116 g/mol. The molecule has 0 spiro atoms. The summed E-state index contributed by atoms with van der Waals surface area (Å²) < 4.78 is 4.90. The topological polar surface area (TPSA) is 38.9 Å². The smallest absolute Gasteiger partial charge is 0.246 e. The Kier molecular flexibility index (Phi) is 0.773. The normalized spacial score (nSPS) is 10.2. The van der Waals surface area contributed by atoms with Crippen molar-refractivity contribution in [1.82, 2.24) is 9.97 Å². The number of fused-ring (bicyclic) bond motifs is 1. The van der Waals surface area contributed by atoms with Gasteiger partial charge in [0.25, 0.3) is 0 Å². The van der Waals surface area contributed by atoms with Crippen LogP contribution in [0.15, 0.2) is 29.1 Å². The molecule has 0 bridgehead atoms. The number of oxazole rings is 1. The maximum Gasteiger partial charge on any atom is 0.246 e. The molecule has 3 heteroatoms. The Hall–Kier alpha value is -1.38. The van der Waals surface area contributed by atoms with Crippen LogP contribution < -0.4 is 0 Å². The summed E-state index contributed by atoms with van der Waals surface area (Å²) in [5.41, 5.74) is 1.40. The van der Waals surface area contributed by atoms with Crippen molar-refractivity contribution in [2.45, 2.75) is 0 Å². The largest absolute Gasteiger partial charge is 0.425 e. The highest BCUT2D eigenvalue weighted by atomic mass is 16.3. The summed E-state index contributed by atoms with van der Waals surface area (Å²) in [7, 11) is 0. The average molecular weight is 120 g/mol. The van der Waals surface area contributed by atoms with Crippen LogP contribution in [0, 0.1) is 0 Å². The molecule has 0 saturated heterocycles. The molecule has 9 heavy (non-hydrogen) atoms. The maximum atomic E-state index is 4.90. The summed E-state index contributed by atoms with van der Waals surface area (Å²) in [6.45, 7) is 0. The molecule has 0 fully saturated rings. The van der Waals surface area contributed by atoms with E-state index in [-0.39, 0.29) is 0 Å². The first-order chi connectivity index (χ1) is 4.47. The molecule has 2 aromatic rings. The van der Waals surface area contributed by atoms with Gasteiger partial charge in [0.2, 0.25) is 5.71 Å². The summed E-state index contributed by atoms with van der Waals surface area (Å²) in [6.07, 6.45) is 3.06. The molecule has 0 aliphatic heterocycles. The lowest BCUT2D eigenvalue weighted by Gasteiger charge is -1.78. The van der Waals surface area contributed by atoms with Gasteiger partial charge in [0, 0.05) is 6.20 Å². The molecule has 0 N–H and O–H groups in total. The third-order valence-electron chi connectivity index (χ3n) is 1.11. The van der Waals surface area contributed by atoms with E-state index in [1.165, 1.54) is 6.39 Å². The summed E-state index contributed by atoms with van der Waals surface area (Å²) in [5.74, 6) is 0. The standard InChI is InChI=1S/C6H4N2O/c1-2-5-6(7-3-1)9-4-8-5/h1-4H. The van der Waals surface area contributed by atoms with E-state index in [2.05, 4.69) is 9.97 Å². The second kappa shape index (κ2) is 1.55. The lowest BCUT2D eigenvalue weighted by molar-refractivity contribution is 0.590. The van der Waals surface area contributed by atoms with Gasteiger partial charge in [-0.15, -0.1) is 0 Å². The molecule has 2 rings (SSSR count). The second-order valence-electron chi connectivity index (χ2n) is 1.68. The number of hydrogen-bond donors (Lipinski definition) is 0. The predicted octanol–water partition coefficient (Wildman–Crippen LogP) is 1.22. The quantitative estimate of drug-likeness (QED) is 0.524. The van der Waals surface area contributed by atoms with Gasteiger partial charge in [-0.1, -0.05) is 0 Å². The number of pyridine rings is 1. The van der Waals surface area contributed by atoms with Crippen LogP contribution in [0.2, 0.25) is 0 Å². The Balaban J connectivity index is 2.95. The fourth-order valence-electron chi connectivity index (χ4n) is 0.704. The van der Waals surface area contributed by atoms with Crippen molar-refractivity contribution < 1.29 is 4.42 Å². The molecule has 0 atom stereocenters. The van der Waals surface area contributed by atoms with Crippen molar-refractivity contribution in [3.63, 3.8) is 0 Å². The minimum absolute atomic E-state index is 0.595. The minimum atomic E-state index is 0.595. The minimum Gasteiger partial charge on any atom is -0.425 e. The van der Waals surface area contributed by atoms with E-state index in [0.29, 0.717) is 5.71 Å². The molecule has 0 amide bonds. The van der Waals surface area contributed by atoms with Crippen molar-refractivity contribution in [3.05, 3.63) is 24.7 Å². The summed E-state index contributed by atoms with van der Waals surface area (Å²) >= 11 is 0. The van der Waals surface area contributed by atoms with Gasteiger partial charge in [-0.3, -0.25) is 0 Å². The number of nitrogens with zero attached hydrogens (tertiary/aromatic N) is 2. The molecule has 0 aliphatic carbocycles. The van der Waals surface area contributed by atoms with E-state index in [1.807, 2.05) is 12.1 Å².